The van der Waals surface area contributed by atoms with Crippen LogP contribution in [-0.4, -0.2) is 34.3 Å². The number of rotatable bonds is 5. The second-order valence-electron chi connectivity index (χ2n) is 6.62. The highest BCUT2D eigenvalue weighted by Crippen LogP contribution is 2.25. The van der Waals surface area contributed by atoms with E-state index in [2.05, 4.69) is 5.32 Å². The average molecular weight is 407 g/mol. The van der Waals surface area contributed by atoms with Crippen molar-refractivity contribution in [2.75, 3.05) is 6.54 Å². The van der Waals surface area contributed by atoms with Gasteiger partial charge >= 0.3 is 6.09 Å². The summed E-state index contributed by atoms with van der Waals surface area (Å²) in [5.41, 5.74) is 1.34. The molecule has 0 saturated carbocycles. The van der Waals surface area contributed by atoms with Gasteiger partial charge in [0, 0.05) is 31.1 Å². The van der Waals surface area contributed by atoms with Gasteiger partial charge in [-0.3, -0.25) is 4.79 Å². The third-order valence-electron chi connectivity index (χ3n) is 4.40. The summed E-state index contributed by atoms with van der Waals surface area (Å²) in [7, 11) is 0. The number of halogens is 2. The summed E-state index contributed by atoms with van der Waals surface area (Å²) >= 11 is 5.77. The Kier molecular flexibility index (Phi) is 6.16. The van der Waals surface area contributed by atoms with Crippen LogP contribution in [0.5, 0.6) is 0 Å². The Morgan fingerprint density at radius 2 is 2.00 bits per heavy atom. The molecule has 0 aliphatic carbocycles. The fourth-order valence-electron chi connectivity index (χ4n) is 3.09. The normalized spacial score (nSPS) is 19.4. The lowest BCUT2D eigenvalue weighted by molar-refractivity contribution is -0.206. The van der Waals surface area contributed by atoms with Gasteiger partial charge < -0.3 is 20.1 Å². The molecule has 3 rings (SSSR count). The van der Waals surface area contributed by atoms with Crippen LogP contribution in [0, 0.1) is 5.82 Å². The number of hydrogen-bond acceptors (Lipinski definition) is 4. The van der Waals surface area contributed by atoms with Crippen molar-refractivity contribution >= 4 is 23.6 Å². The molecule has 0 aromatic heterocycles. The number of nitrogens with zero attached hydrogens (tertiary/aromatic N) is 1. The van der Waals surface area contributed by atoms with Gasteiger partial charge in [0.2, 0.25) is 0 Å². The largest absolute Gasteiger partial charge is 0.410 e. The summed E-state index contributed by atoms with van der Waals surface area (Å²) in [5.74, 6) is -3.42. The third kappa shape index (κ3) is 4.99. The van der Waals surface area contributed by atoms with E-state index in [1.807, 2.05) is 30.3 Å². The molecular weight excluding hydrogens is 387 g/mol. The topological polar surface area (TPSA) is 78.9 Å². The number of hydrogen-bond donors (Lipinski definition) is 2. The van der Waals surface area contributed by atoms with Crippen LogP contribution < -0.4 is 5.32 Å². The number of piperidine rings is 1. The summed E-state index contributed by atoms with van der Waals surface area (Å²) < 4.78 is 18.4. The van der Waals surface area contributed by atoms with Crippen LogP contribution >= 0.6 is 11.6 Å². The van der Waals surface area contributed by atoms with Crippen LogP contribution in [0.1, 0.15) is 24.0 Å². The number of carbonyl (C=O) groups is 2. The molecule has 1 aliphatic rings. The van der Waals surface area contributed by atoms with Crippen molar-refractivity contribution in [1.29, 1.82) is 0 Å². The second-order valence-corrected chi connectivity index (χ2v) is 7.06. The maximum Gasteiger partial charge on any atom is 0.410 e. The maximum absolute atomic E-state index is 13.3. The van der Waals surface area contributed by atoms with Crippen LogP contribution in [0.4, 0.5) is 9.18 Å². The lowest BCUT2D eigenvalue weighted by Crippen LogP contribution is -2.56. The van der Waals surface area contributed by atoms with Gasteiger partial charge in [-0.05, 0) is 35.7 Å². The van der Waals surface area contributed by atoms with Crippen LogP contribution in [0.25, 0.3) is 0 Å². The van der Waals surface area contributed by atoms with Gasteiger partial charge in [0.05, 0.1) is 0 Å². The molecule has 148 valence electrons. The standard InChI is InChI=1S/C20H20ClFN2O4/c21-16-9-15(10-17(22)11-16)12-23-19(26)28-20(27)7-4-8-24(18(20)25)13-14-5-2-1-3-6-14/h1-3,5-6,9-11,27H,4,7-8,12-13H2,(H,23,26)/t20-/m1/s1. The highest BCUT2D eigenvalue weighted by molar-refractivity contribution is 6.30. The first kappa shape index (κ1) is 20.1. The van der Waals surface area contributed by atoms with Crippen LogP contribution in [0.15, 0.2) is 48.5 Å². The Hall–Kier alpha value is -2.64. The third-order valence-corrected chi connectivity index (χ3v) is 4.62. The molecule has 2 amide bonds. The Morgan fingerprint density at radius 1 is 1.25 bits per heavy atom. The molecule has 1 atom stereocenters. The van der Waals surface area contributed by atoms with Gasteiger partial charge in [-0.2, -0.15) is 0 Å². The zero-order valence-corrected chi connectivity index (χ0v) is 15.8. The number of likely N-dealkylation sites (tertiary alicyclic amines) is 1. The Morgan fingerprint density at radius 3 is 2.71 bits per heavy atom. The van der Waals surface area contributed by atoms with E-state index in [0.29, 0.717) is 25.1 Å². The fraction of sp³-hybridized carbons (Fsp3) is 0.300. The van der Waals surface area contributed by atoms with Crippen molar-refractivity contribution in [3.63, 3.8) is 0 Å². The number of aliphatic hydroxyl groups is 1. The van der Waals surface area contributed by atoms with E-state index in [4.69, 9.17) is 16.3 Å². The summed E-state index contributed by atoms with van der Waals surface area (Å²) in [6.07, 6.45) is -0.476. The molecule has 0 radical (unpaired) electrons. The SMILES string of the molecule is O=C(NCc1cc(F)cc(Cl)c1)O[C@]1(O)CCCN(Cc2ccccc2)C1=O. The van der Waals surface area contributed by atoms with E-state index in [9.17, 15) is 19.1 Å². The first-order valence-corrected chi connectivity index (χ1v) is 9.21. The zero-order chi connectivity index (χ0) is 20.1. The lowest BCUT2D eigenvalue weighted by Gasteiger charge is -2.37. The van der Waals surface area contributed by atoms with Gasteiger partial charge in [-0.15, -0.1) is 0 Å². The van der Waals surface area contributed by atoms with Gasteiger partial charge in [-0.25, -0.2) is 9.18 Å². The van der Waals surface area contributed by atoms with E-state index in [1.54, 1.807) is 0 Å². The zero-order valence-electron chi connectivity index (χ0n) is 15.0. The number of ether oxygens (including phenoxy) is 1. The monoisotopic (exact) mass is 406 g/mol. The maximum atomic E-state index is 13.3. The van der Waals surface area contributed by atoms with Crippen molar-refractivity contribution in [3.05, 3.63) is 70.5 Å². The predicted octanol–water partition coefficient (Wildman–Crippen LogP) is 3.22. The second kappa shape index (κ2) is 8.58. The average Bonchev–Trinajstić information content (AvgIpc) is 2.64. The molecule has 0 bridgehead atoms. The molecule has 8 heteroatoms. The van der Waals surface area contributed by atoms with Crippen molar-refractivity contribution in [3.8, 4) is 0 Å². The molecule has 1 fully saturated rings. The Bertz CT molecular complexity index is 844. The van der Waals surface area contributed by atoms with E-state index >= 15 is 0 Å². The highest BCUT2D eigenvalue weighted by atomic mass is 35.5. The van der Waals surface area contributed by atoms with Crippen LogP contribution in [-0.2, 0) is 22.6 Å². The van der Waals surface area contributed by atoms with Crippen molar-refractivity contribution in [2.45, 2.75) is 31.7 Å². The first-order valence-electron chi connectivity index (χ1n) is 8.83. The van der Waals surface area contributed by atoms with Crippen LogP contribution in [0.2, 0.25) is 5.02 Å². The molecule has 2 aromatic carbocycles. The number of nitrogens with one attached hydrogen (secondary N) is 1. The molecule has 0 unspecified atom stereocenters. The summed E-state index contributed by atoms with van der Waals surface area (Å²) in [6.45, 7) is 0.714. The Labute approximate surface area is 166 Å². The fourth-order valence-corrected chi connectivity index (χ4v) is 3.34. The lowest BCUT2D eigenvalue weighted by atomic mass is 10.0. The van der Waals surface area contributed by atoms with Crippen molar-refractivity contribution < 1.29 is 23.8 Å². The number of amides is 2. The molecule has 2 aromatic rings. The van der Waals surface area contributed by atoms with E-state index < -0.39 is 23.6 Å². The minimum atomic E-state index is -2.23. The summed E-state index contributed by atoms with van der Waals surface area (Å²) in [5, 5.41) is 13.2. The minimum Gasteiger partial charge on any atom is -0.407 e. The quantitative estimate of drug-likeness (QED) is 0.747. The van der Waals surface area contributed by atoms with Gasteiger partial charge in [0.1, 0.15) is 5.82 Å². The molecule has 1 aliphatic heterocycles. The van der Waals surface area contributed by atoms with Gasteiger partial charge in [0.15, 0.2) is 0 Å². The predicted molar refractivity (Wildman–Crippen MR) is 101 cm³/mol. The molecule has 1 saturated heterocycles. The van der Waals surface area contributed by atoms with Crippen LogP contribution in [0.3, 0.4) is 0 Å². The highest BCUT2D eigenvalue weighted by Gasteiger charge is 2.46. The Balaban J connectivity index is 1.59. The smallest absolute Gasteiger partial charge is 0.407 e. The number of alkyl carbamates (subject to hydrolysis) is 1. The summed E-state index contributed by atoms with van der Waals surface area (Å²) in [6, 6.07) is 13.2. The molecule has 1 heterocycles. The molecule has 2 N–H and O–H groups in total. The van der Waals surface area contributed by atoms with E-state index in [-0.39, 0.29) is 18.0 Å². The molecule has 28 heavy (non-hydrogen) atoms. The van der Waals surface area contributed by atoms with E-state index in [1.165, 1.54) is 17.0 Å². The van der Waals surface area contributed by atoms with Crippen molar-refractivity contribution in [1.82, 2.24) is 10.2 Å². The van der Waals surface area contributed by atoms with Crippen molar-refractivity contribution in [2.24, 2.45) is 0 Å². The first-order chi connectivity index (χ1) is 13.4. The number of benzene rings is 2. The minimum absolute atomic E-state index is 0.0103. The molecule has 0 spiro atoms. The molecular formula is C20H20ClFN2O4. The number of carbonyl (C=O) groups excluding carboxylic acids is 2. The van der Waals surface area contributed by atoms with E-state index in [0.717, 1.165) is 11.6 Å². The van der Waals surface area contributed by atoms with Gasteiger partial charge in [-0.1, -0.05) is 41.9 Å². The summed E-state index contributed by atoms with van der Waals surface area (Å²) in [4.78, 5) is 26.2. The van der Waals surface area contributed by atoms with Gasteiger partial charge in [0.25, 0.3) is 11.7 Å². The molecule has 6 nitrogen and oxygen atoms in total.